The van der Waals surface area contributed by atoms with Crippen LogP contribution in [-0.4, -0.2) is 10.7 Å². The van der Waals surface area contributed by atoms with E-state index in [0.29, 0.717) is 11.1 Å². The van der Waals surface area contributed by atoms with E-state index in [2.05, 4.69) is 15.5 Å². The van der Waals surface area contributed by atoms with Crippen molar-refractivity contribution in [2.24, 2.45) is 5.10 Å². The number of nitrogens with one attached hydrogen (secondary N) is 1. The number of para-hydroxylation sites is 3. The largest absolute Gasteiger partial charge is 0.434 e. The van der Waals surface area contributed by atoms with Crippen LogP contribution in [0.1, 0.15) is 5.89 Å². The molecule has 0 atom stereocenters. The minimum Gasteiger partial charge on any atom is -0.434 e. The first-order valence-electron chi connectivity index (χ1n) is 6.01. The SMILES string of the molecule is N#C/C(=N\Nc1ccccc1)c1nc2ccccc2o1. The van der Waals surface area contributed by atoms with Gasteiger partial charge >= 0.3 is 0 Å². The van der Waals surface area contributed by atoms with E-state index in [4.69, 9.17) is 9.68 Å². The number of nitrogens with zero attached hydrogens (tertiary/aromatic N) is 3. The third kappa shape index (κ3) is 2.35. The first-order chi connectivity index (χ1) is 9.86. The van der Waals surface area contributed by atoms with Gasteiger partial charge in [0.05, 0.1) is 5.69 Å². The summed E-state index contributed by atoms with van der Waals surface area (Å²) in [4.78, 5) is 4.24. The van der Waals surface area contributed by atoms with Crippen molar-refractivity contribution in [1.82, 2.24) is 4.98 Å². The molecule has 1 aromatic heterocycles. The molecular weight excluding hydrogens is 252 g/mol. The molecular formula is C15H10N4O. The number of aromatic nitrogens is 1. The Morgan fingerprint density at radius 2 is 1.85 bits per heavy atom. The molecule has 3 rings (SSSR count). The Hall–Kier alpha value is -3.13. The molecule has 0 aliphatic carbocycles. The summed E-state index contributed by atoms with van der Waals surface area (Å²) in [5.74, 6) is 0.206. The molecule has 96 valence electrons. The van der Waals surface area contributed by atoms with Gasteiger partial charge in [0.15, 0.2) is 5.58 Å². The highest BCUT2D eigenvalue weighted by molar-refractivity contribution is 6.09. The Bertz CT molecular complexity index is 766. The molecule has 0 radical (unpaired) electrons. The number of oxazole rings is 1. The van der Waals surface area contributed by atoms with Gasteiger partial charge in [0.2, 0.25) is 5.71 Å². The van der Waals surface area contributed by atoms with E-state index in [-0.39, 0.29) is 11.6 Å². The fourth-order valence-electron chi connectivity index (χ4n) is 1.73. The number of anilines is 1. The van der Waals surface area contributed by atoms with Crippen LogP contribution < -0.4 is 5.43 Å². The standard InChI is InChI=1S/C15H10N4O/c16-10-13(19-18-11-6-2-1-3-7-11)15-17-12-8-4-5-9-14(12)20-15/h1-9,18H/b19-13+. The summed E-state index contributed by atoms with van der Waals surface area (Å²) in [5, 5.41) is 13.2. The van der Waals surface area contributed by atoms with Crippen LogP contribution in [0.5, 0.6) is 0 Å². The van der Waals surface area contributed by atoms with E-state index in [1.165, 1.54) is 0 Å². The van der Waals surface area contributed by atoms with Crippen LogP contribution in [0.15, 0.2) is 64.1 Å². The van der Waals surface area contributed by atoms with Crippen LogP contribution in [-0.2, 0) is 0 Å². The van der Waals surface area contributed by atoms with Gasteiger partial charge in [-0.15, -0.1) is 0 Å². The van der Waals surface area contributed by atoms with Gasteiger partial charge in [-0.05, 0) is 24.3 Å². The number of hydrogen-bond acceptors (Lipinski definition) is 5. The number of hydrazone groups is 1. The van der Waals surface area contributed by atoms with Crippen molar-refractivity contribution in [3.05, 3.63) is 60.5 Å². The Morgan fingerprint density at radius 3 is 2.60 bits per heavy atom. The molecule has 0 aliphatic heterocycles. The van der Waals surface area contributed by atoms with Crippen molar-refractivity contribution in [3.8, 4) is 6.07 Å². The van der Waals surface area contributed by atoms with E-state index in [0.717, 1.165) is 5.69 Å². The molecule has 0 aliphatic rings. The molecule has 1 N–H and O–H groups in total. The lowest BCUT2D eigenvalue weighted by molar-refractivity contribution is 0.591. The predicted molar refractivity (Wildman–Crippen MR) is 76.2 cm³/mol. The number of fused-ring (bicyclic) bond motifs is 1. The first-order valence-corrected chi connectivity index (χ1v) is 6.01. The Morgan fingerprint density at radius 1 is 1.10 bits per heavy atom. The number of rotatable bonds is 3. The zero-order chi connectivity index (χ0) is 13.8. The van der Waals surface area contributed by atoms with Crippen LogP contribution in [0.25, 0.3) is 11.1 Å². The summed E-state index contributed by atoms with van der Waals surface area (Å²) < 4.78 is 5.51. The van der Waals surface area contributed by atoms with Crippen LogP contribution in [0.3, 0.4) is 0 Å². The summed E-state index contributed by atoms with van der Waals surface area (Å²) in [7, 11) is 0. The van der Waals surface area contributed by atoms with Crippen molar-refractivity contribution >= 4 is 22.5 Å². The fourth-order valence-corrected chi connectivity index (χ4v) is 1.73. The predicted octanol–water partition coefficient (Wildman–Crippen LogP) is 3.17. The normalized spacial score (nSPS) is 11.2. The third-order valence-electron chi connectivity index (χ3n) is 2.67. The summed E-state index contributed by atoms with van der Waals surface area (Å²) >= 11 is 0. The van der Waals surface area contributed by atoms with Crippen molar-refractivity contribution in [1.29, 1.82) is 5.26 Å². The van der Waals surface area contributed by atoms with Crippen molar-refractivity contribution in [3.63, 3.8) is 0 Å². The maximum atomic E-state index is 9.16. The lowest BCUT2D eigenvalue weighted by Crippen LogP contribution is -2.01. The van der Waals surface area contributed by atoms with E-state index in [9.17, 15) is 0 Å². The molecule has 0 spiro atoms. The molecule has 0 saturated carbocycles. The van der Waals surface area contributed by atoms with E-state index in [1.807, 2.05) is 54.6 Å². The molecule has 0 bridgehead atoms. The highest BCUT2D eigenvalue weighted by Crippen LogP contribution is 2.15. The molecule has 0 fully saturated rings. The van der Waals surface area contributed by atoms with Crippen LogP contribution in [0, 0.1) is 11.3 Å². The lowest BCUT2D eigenvalue weighted by atomic mass is 10.3. The first kappa shape index (κ1) is 11.9. The monoisotopic (exact) mass is 262 g/mol. The smallest absolute Gasteiger partial charge is 0.259 e. The van der Waals surface area contributed by atoms with Gasteiger partial charge in [-0.3, -0.25) is 5.43 Å². The zero-order valence-corrected chi connectivity index (χ0v) is 10.4. The maximum absolute atomic E-state index is 9.16. The van der Waals surface area contributed by atoms with Gasteiger partial charge in [-0.25, -0.2) is 4.98 Å². The minimum atomic E-state index is 0.102. The molecule has 0 saturated heterocycles. The number of benzene rings is 2. The van der Waals surface area contributed by atoms with Crippen molar-refractivity contribution in [2.45, 2.75) is 0 Å². The number of nitriles is 1. The van der Waals surface area contributed by atoms with Gasteiger partial charge in [-0.2, -0.15) is 10.4 Å². The lowest BCUT2D eigenvalue weighted by Gasteiger charge is -1.98. The Kier molecular flexibility index (Phi) is 3.13. The average molecular weight is 262 g/mol. The molecule has 0 amide bonds. The van der Waals surface area contributed by atoms with Crippen LogP contribution in [0.2, 0.25) is 0 Å². The summed E-state index contributed by atoms with van der Waals surface area (Å²) in [6, 6.07) is 18.7. The Balaban J connectivity index is 1.91. The topological polar surface area (TPSA) is 74.2 Å². The molecule has 5 heteroatoms. The Labute approximate surface area is 115 Å². The van der Waals surface area contributed by atoms with Crippen LogP contribution >= 0.6 is 0 Å². The molecule has 1 heterocycles. The summed E-state index contributed by atoms with van der Waals surface area (Å²) in [5.41, 5.74) is 5.02. The quantitative estimate of drug-likeness (QED) is 0.581. The fraction of sp³-hybridized carbons (Fsp3) is 0. The van der Waals surface area contributed by atoms with Crippen molar-refractivity contribution < 1.29 is 4.42 Å². The van der Waals surface area contributed by atoms with E-state index >= 15 is 0 Å². The van der Waals surface area contributed by atoms with Gasteiger partial charge in [0, 0.05) is 0 Å². The second-order valence-electron chi connectivity index (χ2n) is 4.04. The second kappa shape index (κ2) is 5.24. The van der Waals surface area contributed by atoms with Crippen LogP contribution in [0.4, 0.5) is 5.69 Å². The third-order valence-corrected chi connectivity index (χ3v) is 2.67. The van der Waals surface area contributed by atoms with Gasteiger partial charge in [0.25, 0.3) is 5.89 Å². The molecule has 20 heavy (non-hydrogen) atoms. The molecule has 3 aromatic rings. The molecule has 2 aromatic carbocycles. The highest BCUT2D eigenvalue weighted by atomic mass is 16.3. The molecule has 0 unspecified atom stereocenters. The minimum absolute atomic E-state index is 0.102. The number of hydrogen-bond donors (Lipinski definition) is 1. The summed E-state index contributed by atoms with van der Waals surface area (Å²) in [6.45, 7) is 0. The molecule has 5 nitrogen and oxygen atoms in total. The average Bonchev–Trinajstić information content (AvgIpc) is 2.92. The van der Waals surface area contributed by atoms with Gasteiger partial charge in [-0.1, -0.05) is 30.3 Å². The second-order valence-corrected chi connectivity index (χ2v) is 4.04. The maximum Gasteiger partial charge on any atom is 0.259 e. The van der Waals surface area contributed by atoms with Gasteiger partial charge in [0.1, 0.15) is 11.6 Å². The highest BCUT2D eigenvalue weighted by Gasteiger charge is 2.11. The van der Waals surface area contributed by atoms with Gasteiger partial charge < -0.3 is 4.42 Å². The zero-order valence-electron chi connectivity index (χ0n) is 10.4. The van der Waals surface area contributed by atoms with Crippen molar-refractivity contribution in [2.75, 3.05) is 5.43 Å². The van der Waals surface area contributed by atoms with E-state index in [1.54, 1.807) is 6.07 Å². The summed E-state index contributed by atoms with van der Waals surface area (Å²) in [6.07, 6.45) is 0. The van der Waals surface area contributed by atoms with E-state index < -0.39 is 0 Å².